The van der Waals surface area contributed by atoms with E-state index in [-0.39, 0.29) is 49.4 Å². The summed E-state index contributed by atoms with van der Waals surface area (Å²) in [6.07, 6.45) is 26.9. The van der Waals surface area contributed by atoms with Crippen molar-refractivity contribution < 1.29 is 57.9 Å². The van der Waals surface area contributed by atoms with E-state index in [1.807, 2.05) is 50.1 Å². The van der Waals surface area contributed by atoms with Crippen molar-refractivity contribution in [1.82, 2.24) is 20.4 Å². The largest absolute Gasteiger partial charge is 0.464 e. The van der Waals surface area contributed by atoms with Gasteiger partial charge in [0.05, 0.1) is 12.2 Å². The van der Waals surface area contributed by atoms with Crippen molar-refractivity contribution in [3.63, 3.8) is 0 Å². The molecule has 16 heteroatoms. The molecule has 16 nitrogen and oxygen atoms in total. The van der Waals surface area contributed by atoms with Gasteiger partial charge >= 0.3 is 23.9 Å². The molecule has 0 spiro atoms. The summed E-state index contributed by atoms with van der Waals surface area (Å²) < 4.78 is 21.7. The lowest BCUT2D eigenvalue weighted by atomic mass is 10.0. The Morgan fingerprint density at radius 2 is 0.806 bits per heavy atom. The second-order valence-electron chi connectivity index (χ2n) is 19.7. The molecular formula is C56H102N4O12. The van der Waals surface area contributed by atoms with E-state index in [0.29, 0.717) is 90.8 Å². The number of hydrogen-bond acceptors (Lipinski definition) is 14. The molecule has 0 rings (SSSR count). The standard InChI is InChI=1S/C56H102N4O12/c1-7-9-23-33-49(71-55(67)39-29-37-53(65)69-45-43-59(3)4)47(61)31-25-19-15-11-13-17-21-27-35-51(63)57-41-42-58-52(64)36-28-22-18-14-12-16-20-26-32-48(62)50(34-24-10-8-2)72-56(68)40-30-38-54(66)70-46-44-60(5)6/h19-20,25-26,47-50,61-62H,7-18,21-24,27-46H2,1-6H3,(H,57,63)(H,58,64). The number of hydrogen-bond donors (Lipinski definition) is 4. The molecule has 4 atom stereocenters. The van der Waals surface area contributed by atoms with E-state index in [1.54, 1.807) is 0 Å². The number of unbranched alkanes of at least 4 members (excludes halogenated alkanes) is 14. The third kappa shape index (κ3) is 44.8. The van der Waals surface area contributed by atoms with Crippen LogP contribution in [0.3, 0.4) is 0 Å². The van der Waals surface area contributed by atoms with Crippen LogP contribution in [0.15, 0.2) is 24.3 Å². The Morgan fingerprint density at radius 3 is 1.18 bits per heavy atom. The zero-order valence-electron chi connectivity index (χ0n) is 45.9. The number of ether oxygens (including phenoxy) is 4. The summed E-state index contributed by atoms with van der Waals surface area (Å²) in [5.41, 5.74) is 0. The van der Waals surface area contributed by atoms with Crippen LogP contribution in [0.5, 0.6) is 0 Å². The molecule has 72 heavy (non-hydrogen) atoms. The second-order valence-corrected chi connectivity index (χ2v) is 19.7. The van der Waals surface area contributed by atoms with Crippen LogP contribution in [0.2, 0.25) is 0 Å². The Morgan fingerprint density at radius 1 is 0.444 bits per heavy atom. The minimum atomic E-state index is -0.783. The van der Waals surface area contributed by atoms with Crippen molar-refractivity contribution in [3.05, 3.63) is 24.3 Å². The highest BCUT2D eigenvalue weighted by Crippen LogP contribution is 2.18. The molecule has 0 aromatic carbocycles. The Hall–Kier alpha value is -3.86. The molecule has 0 aromatic rings. The summed E-state index contributed by atoms with van der Waals surface area (Å²) in [5.74, 6) is -1.46. The van der Waals surface area contributed by atoms with Crippen LogP contribution in [0.1, 0.15) is 206 Å². The maximum Gasteiger partial charge on any atom is 0.306 e. The highest BCUT2D eigenvalue weighted by atomic mass is 16.6. The molecule has 0 aliphatic rings. The average Bonchev–Trinajstić information content (AvgIpc) is 3.33. The molecule has 0 aliphatic heterocycles. The van der Waals surface area contributed by atoms with Gasteiger partial charge in [-0.3, -0.25) is 28.8 Å². The van der Waals surface area contributed by atoms with Gasteiger partial charge in [-0.15, -0.1) is 0 Å². The van der Waals surface area contributed by atoms with E-state index in [0.717, 1.165) is 116 Å². The zero-order chi connectivity index (χ0) is 53.5. The third-order valence-electron chi connectivity index (χ3n) is 12.1. The number of aliphatic hydroxyl groups is 2. The van der Waals surface area contributed by atoms with Crippen LogP contribution in [0.4, 0.5) is 0 Å². The third-order valence-corrected chi connectivity index (χ3v) is 12.1. The summed E-state index contributed by atoms with van der Waals surface area (Å²) >= 11 is 0. The Labute approximate surface area is 435 Å². The van der Waals surface area contributed by atoms with Crippen LogP contribution in [0, 0.1) is 0 Å². The predicted molar refractivity (Wildman–Crippen MR) is 285 cm³/mol. The SMILES string of the molecule is CCCCCC(OC(=O)CCCC(=O)OCCN(C)C)C(O)CC=CCCCCCCCC(=O)NCCNC(=O)CCCCCCCC=CCC(O)C(CCCCC)OC(=O)CCCC(=O)OCCN(C)C. The molecule has 0 bridgehead atoms. The fourth-order valence-corrected chi connectivity index (χ4v) is 7.64. The summed E-state index contributed by atoms with van der Waals surface area (Å²) in [6, 6.07) is 0. The number of carbonyl (C=O) groups is 6. The van der Waals surface area contributed by atoms with Gasteiger partial charge in [0.15, 0.2) is 0 Å². The van der Waals surface area contributed by atoms with Crippen molar-refractivity contribution >= 4 is 35.7 Å². The summed E-state index contributed by atoms with van der Waals surface area (Å²) in [7, 11) is 7.61. The van der Waals surface area contributed by atoms with Crippen molar-refractivity contribution in [2.75, 3.05) is 67.6 Å². The van der Waals surface area contributed by atoms with E-state index >= 15 is 0 Å². The molecule has 0 fully saturated rings. The minimum Gasteiger partial charge on any atom is -0.464 e. The highest BCUT2D eigenvalue weighted by molar-refractivity contribution is 5.77. The number of rotatable bonds is 49. The van der Waals surface area contributed by atoms with Gasteiger partial charge in [-0.2, -0.15) is 0 Å². The number of esters is 4. The first-order valence-electron chi connectivity index (χ1n) is 27.9. The van der Waals surface area contributed by atoms with Crippen LogP contribution in [0.25, 0.3) is 0 Å². The number of aliphatic hydroxyl groups excluding tert-OH is 2. The second kappa shape index (κ2) is 48.1. The van der Waals surface area contributed by atoms with Gasteiger partial charge in [0.2, 0.25) is 11.8 Å². The number of nitrogens with one attached hydrogen (secondary N) is 2. The van der Waals surface area contributed by atoms with E-state index in [4.69, 9.17) is 18.9 Å². The van der Waals surface area contributed by atoms with Gasteiger partial charge in [-0.25, -0.2) is 0 Å². The smallest absolute Gasteiger partial charge is 0.306 e. The lowest BCUT2D eigenvalue weighted by Gasteiger charge is -2.22. The van der Waals surface area contributed by atoms with E-state index < -0.39 is 36.4 Å². The average molecular weight is 1020 g/mol. The fraction of sp³-hybridized carbons (Fsp3) is 0.821. The summed E-state index contributed by atoms with van der Waals surface area (Å²) in [4.78, 5) is 77.2. The van der Waals surface area contributed by atoms with Crippen LogP contribution < -0.4 is 10.6 Å². The molecular weight excluding hydrogens is 921 g/mol. The van der Waals surface area contributed by atoms with Crippen molar-refractivity contribution in [2.45, 2.75) is 231 Å². The molecule has 4 N–H and O–H groups in total. The van der Waals surface area contributed by atoms with E-state index in [2.05, 4.69) is 36.6 Å². The quantitative estimate of drug-likeness (QED) is 0.0194. The fourth-order valence-electron chi connectivity index (χ4n) is 7.64. The zero-order valence-corrected chi connectivity index (χ0v) is 45.9. The summed E-state index contributed by atoms with van der Waals surface area (Å²) in [5, 5.41) is 27.5. The number of likely N-dealkylation sites (N-methyl/N-ethyl adjacent to an activating group) is 2. The first-order chi connectivity index (χ1) is 34.7. The molecule has 2 amide bonds. The molecule has 418 valence electrons. The number of carbonyl (C=O) groups excluding carboxylic acids is 6. The van der Waals surface area contributed by atoms with Gasteiger partial charge in [-0.05, 0) is 118 Å². The monoisotopic (exact) mass is 1020 g/mol. The molecule has 0 aromatic heterocycles. The maximum atomic E-state index is 12.5. The number of amides is 2. The van der Waals surface area contributed by atoms with Crippen LogP contribution in [-0.4, -0.2) is 148 Å². The van der Waals surface area contributed by atoms with Gasteiger partial charge in [0.25, 0.3) is 0 Å². The molecule has 0 heterocycles. The van der Waals surface area contributed by atoms with Gasteiger partial charge in [0, 0.05) is 64.7 Å². The Kier molecular flexibility index (Phi) is 45.5. The Bertz CT molecular complexity index is 1350. The van der Waals surface area contributed by atoms with Gasteiger partial charge in [0.1, 0.15) is 25.4 Å². The maximum absolute atomic E-state index is 12.5. The highest BCUT2D eigenvalue weighted by Gasteiger charge is 2.24. The molecule has 0 saturated carbocycles. The number of allylic oxidation sites excluding steroid dienone is 2. The lowest BCUT2D eigenvalue weighted by molar-refractivity contribution is -0.157. The number of nitrogens with zero attached hydrogens (tertiary/aromatic N) is 2. The Balaban J connectivity index is 4.05. The van der Waals surface area contributed by atoms with E-state index in [9.17, 15) is 39.0 Å². The normalized spacial score (nSPS) is 13.3. The van der Waals surface area contributed by atoms with Gasteiger partial charge < -0.3 is 49.6 Å². The first kappa shape index (κ1) is 68.1. The molecule has 0 aliphatic carbocycles. The van der Waals surface area contributed by atoms with Crippen LogP contribution in [-0.2, 0) is 47.7 Å². The van der Waals surface area contributed by atoms with Crippen LogP contribution >= 0.6 is 0 Å². The van der Waals surface area contributed by atoms with Crippen molar-refractivity contribution in [3.8, 4) is 0 Å². The first-order valence-corrected chi connectivity index (χ1v) is 27.9. The van der Waals surface area contributed by atoms with Crippen molar-refractivity contribution in [1.29, 1.82) is 0 Å². The molecule has 0 radical (unpaired) electrons. The van der Waals surface area contributed by atoms with E-state index in [1.165, 1.54) is 0 Å². The minimum absolute atomic E-state index is 0.00125. The molecule has 0 saturated heterocycles. The lowest BCUT2D eigenvalue weighted by Crippen LogP contribution is -2.34. The predicted octanol–water partition coefficient (Wildman–Crippen LogP) is 8.83. The topological polar surface area (TPSA) is 210 Å². The summed E-state index contributed by atoms with van der Waals surface area (Å²) in [6.45, 7) is 6.96. The van der Waals surface area contributed by atoms with Gasteiger partial charge in [-0.1, -0.05) is 102 Å². The van der Waals surface area contributed by atoms with Crippen molar-refractivity contribution in [2.24, 2.45) is 0 Å². The molecule has 4 unspecified atom stereocenters.